The van der Waals surface area contributed by atoms with Crippen molar-refractivity contribution in [3.05, 3.63) is 139 Å². The number of unbranched alkanes of at least 4 members (excludes halogenated alkanes) is 1. The van der Waals surface area contributed by atoms with Crippen LogP contribution in [-0.2, 0) is 0 Å². The molecule has 36 heavy (non-hydrogen) atoms. The Labute approximate surface area is 215 Å². The van der Waals surface area contributed by atoms with E-state index in [9.17, 15) is 0 Å². The maximum absolute atomic E-state index is 2.30. The third kappa shape index (κ3) is 4.78. The number of hydrogen-bond acceptors (Lipinski definition) is 0. The van der Waals surface area contributed by atoms with Gasteiger partial charge in [-0.05, 0) is 16.8 Å². The van der Waals surface area contributed by atoms with Crippen LogP contribution in [0.5, 0.6) is 0 Å². The van der Waals surface area contributed by atoms with Crippen LogP contribution in [0.1, 0.15) is 25.3 Å². The predicted octanol–water partition coefficient (Wildman–Crippen LogP) is 5.98. The molecule has 0 amide bonds. The molecule has 0 aliphatic carbocycles. The second-order valence-electron chi connectivity index (χ2n) is 9.74. The summed E-state index contributed by atoms with van der Waals surface area (Å²) in [4.78, 5) is 0. The predicted molar refractivity (Wildman–Crippen MR) is 158 cm³/mol. The number of benzene rings is 5. The van der Waals surface area contributed by atoms with Gasteiger partial charge < -0.3 is 0 Å². The van der Waals surface area contributed by atoms with Crippen LogP contribution in [0, 0.1) is 0 Å². The summed E-state index contributed by atoms with van der Waals surface area (Å²) in [5.41, 5.74) is 7.02. The van der Waals surface area contributed by atoms with Gasteiger partial charge in [0.05, 0.1) is 12.3 Å². The molecule has 0 bridgehead atoms. The lowest BCUT2D eigenvalue weighted by Crippen LogP contribution is -2.69. The molecule has 6 rings (SSSR count). The van der Waals surface area contributed by atoms with E-state index in [1.807, 2.05) is 0 Å². The zero-order chi connectivity index (χ0) is 24.6. The number of rotatable bonds is 6. The van der Waals surface area contributed by atoms with Crippen LogP contribution in [0.2, 0.25) is 6.32 Å². The average molecular weight is 467 g/mol. The standard InChI is InChI=1S/C22H24B.C12H9N/c1-2-3-19-23(20-13-7-4-8-14-20,21-15-9-5-10-16-21)22-17-11-6-12-18-22;1-2-4-10-9(3-1)5-6-12-11(10)7-8-13-12/h4-18H,2-3,19H2,1H3;1-8,13H/q-1;/p+1. The van der Waals surface area contributed by atoms with E-state index >= 15 is 0 Å². The molecule has 0 saturated carbocycles. The van der Waals surface area contributed by atoms with Crippen LogP contribution in [0.25, 0.3) is 16.8 Å². The van der Waals surface area contributed by atoms with E-state index in [1.165, 1.54) is 57.6 Å². The van der Waals surface area contributed by atoms with E-state index in [-0.39, 0.29) is 0 Å². The fourth-order valence-corrected chi connectivity index (χ4v) is 5.82. The molecule has 2 heteroatoms. The number of quaternary nitrogens is 1. The van der Waals surface area contributed by atoms with Crippen molar-refractivity contribution < 1.29 is 5.32 Å². The van der Waals surface area contributed by atoms with Gasteiger partial charge in [-0.25, -0.2) is 0 Å². The molecule has 0 radical (unpaired) electrons. The maximum atomic E-state index is 2.30. The molecule has 0 atom stereocenters. The Balaban J connectivity index is 0.000000172. The van der Waals surface area contributed by atoms with Crippen molar-refractivity contribution in [1.82, 2.24) is 0 Å². The van der Waals surface area contributed by atoms with Crippen LogP contribution in [0.3, 0.4) is 0 Å². The van der Waals surface area contributed by atoms with Crippen molar-refractivity contribution in [3.8, 4) is 0 Å². The minimum Gasteiger partial charge on any atom is -0.287 e. The molecule has 5 aromatic carbocycles. The van der Waals surface area contributed by atoms with Crippen molar-refractivity contribution in [3.63, 3.8) is 0 Å². The van der Waals surface area contributed by atoms with E-state index in [4.69, 9.17) is 0 Å². The molecule has 1 nitrogen and oxygen atoms in total. The molecular weight excluding hydrogens is 433 g/mol. The second-order valence-corrected chi connectivity index (χ2v) is 9.74. The lowest BCUT2D eigenvalue weighted by Gasteiger charge is -2.43. The van der Waals surface area contributed by atoms with Crippen molar-refractivity contribution >= 4 is 45.1 Å². The monoisotopic (exact) mass is 467 g/mol. The number of fused-ring (bicyclic) bond motifs is 3. The molecule has 0 fully saturated rings. The SMILES string of the molecule is C1=Cc2c(ccc3ccccc23)[NH2+]1.CCCC[B-](c1ccccc1)(c1ccccc1)c1ccccc1. The van der Waals surface area contributed by atoms with Crippen LogP contribution < -0.4 is 21.7 Å². The highest BCUT2D eigenvalue weighted by Crippen LogP contribution is 2.26. The lowest BCUT2D eigenvalue weighted by atomic mass is 9.14. The van der Waals surface area contributed by atoms with Gasteiger partial charge in [0, 0.05) is 17.7 Å². The van der Waals surface area contributed by atoms with Gasteiger partial charge in [-0.2, -0.15) is 22.7 Å². The molecule has 2 N–H and O–H groups in total. The highest BCUT2D eigenvalue weighted by molar-refractivity contribution is 7.11. The molecule has 1 aliphatic rings. The van der Waals surface area contributed by atoms with Crippen LogP contribution in [0.15, 0.2) is 134 Å². The largest absolute Gasteiger partial charge is 0.287 e. The van der Waals surface area contributed by atoms with E-state index in [0.29, 0.717) is 0 Å². The first-order valence-electron chi connectivity index (χ1n) is 13.2. The Hall–Kier alpha value is -3.88. The minimum absolute atomic E-state index is 0.913. The first-order valence-corrected chi connectivity index (χ1v) is 13.2. The van der Waals surface area contributed by atoms with Crippen LogP contribution >= 0.6 is 0 Å². The molecule has 0 saturated heterocycles. The highest BCUT2D eigenvalue weighted by Gasteiger charge is 2.28. The maximum Gasteiger partial charge on any atom is 0.142 e. The molecule has 0 aromatic heterocycles. The van der Waals surface area contributed by atoms with Crippen LogP contribution in [-0.4, -0.2) is 6.15 Å². The van der Waals surface area contributed by atoms with Crippen molar-refractivity contribution in [1.29, 1.82) is 0 Å². The van der Waals surface area contributed by atoms with E-state index in [0.717, 1.165) is 0 Å². The van der Waals surface area contributed by atoms with Gasteiger partial charge in [0.25, 0.3) is 0 Å². The third-order valence-corrected chi connectivity index (χ3v) is 7.64. The zero-order valence-electron chi connectivity index (χ0n) is 21.1. The quantitative estimate of drug-likeness (QED) is 0.234. The lowest BCUT2D eigenvalue weighted by molar-refractivity contribution is -0.491. The van der Waals surface area contributed by atoms with E-state index in [2.05, 4.69) is 152 Å². The Morgan fingerprint density at radius 2 is 1.11 bits per heavy atom. The fraction of sp³-hybridized carbons (Fsp3) is 0.118. The van der Waals surface area contributed by atoms with E-state index < -0.39 is 6.15 Å². The Kier molecular flexibility index (Phi) is 7.45. The van der Waals surface area contributed by atoms with Gasteiger partial charge in [0.1, 0.15) is 5.69 Å². The van der Waals surface area contributed by atoms with Crippen LogP contribution in [0.4, 0.5) is 5.69 Å². The summed E-state index contributed by atoms with van der Waals surface area (Å²) < 4.78 is 0. The molecule has 5 aromatic rings. The van der Waals surface area contributed by atoms with Gasteiger partial charge in [-0.1, -0.05) is 135 Å². The van der Waals surface area contributed by atoms with Gasteiger partial charge in [-0.3, -0.25) is 5.32 Å². The van der Waals surface area contributed by atoms with E-state index in [1.54, 1.807) is 0 Å². The molecule has 0 unspecified atom stereocenters. The van der Waals surface area contributed by atoms with Gasteiger partial charge >= 0.3 is 0 Å². The van der Waals surface area contributed by atoms with Crippen molar-refractivity contribution in [2.45, 2.75) is 26.1 Å². The highest BCUT2D eigenvalue weighted by atomic mass is 14.9. The summed E-state index contributed by atoms with van der Waals surface area (Å²) in [6.45, 7) is 2.28. The Bertz CT molecular complexity index is 1330. The smallest absolute Gasteiger partial charge is 0.142 e. The number of hydrogen-bond donors (Lipinski definition) is 1. The zero-order valence-corrected chi connectivity index (χ0v) is 21.1. The summed E-state index contributed by atoms with van der Waals surface area (Å²) in [5.74, 6) is 0. The minimum atomic E-state index is -0.913. The summed E-state index contributed by atoms with van der Waals surface area (Å²) >= 11 is 0. The Morgan fingerprint density at radius 3 is 1.67 bits per heavy atom. The summed E-state index contributed by atoms with van der Waals surface area (Å²) in [6, 6.07) is 46.0. The molecule has 0 spiro atoms. The topological polar surface area (TPSA) is 16.6 Å². The van der Waals surface area contributed by atoms with Gasteiger partial charge in [-0.15, -0.1) is 0 Å². The van der Waals surface area contributed by atoms with Crippen molar-refractivity contribution in [2.24, 2.45) is 0 Å². The first kappa shape index (κ1) is 23.8. The fourth-order valence-electron chi connectivity index (χ4n) is 5.82. The average Bonchev–Trinajstić information content (AvgIpc) is 3.45. The normalized spacial score (nSPS) is 12.1. The Morgan fingerprint density at radius 1 is 0.583 bits per heavy atom. The van der Waals surface area contributed by atoms with Crippen molar-refractivity contribution in [2.75, 3.05) is 0 Å². The first-order chi connectivity index (χ1) is 17.8. The summed E-state index contributed by atoms with van der Waals surface area (Å²) in [5, 5.41) is 4.83. The molecule has 1 aliphatic heterocycles. The number of nitrogens with two attached hydrogens (primary N) is 1. The summed E-state index contributed by atoms with van der Waals surface area (Å²) in [6.07, 6.45) is 7.02. The summed E-state index contributed by atoms with van der Waals surface area (Å²) in [7, 11) is 0. The molecule has 1 heterocycles. The third-order valence-electron chi connectivity index (χ3n) is 7.64. The second kappa shape index (κ2) is 11.2. The molecule has 178 valence electrons. The van der Waals surface area contributed by atoms with Gasteiger partial charge in [0.2, 0.25) is 0 Å². The molecular formula is C34H34BN. The van der Waals surface area contributed by atoms with Gasteiger partial charge in [0.15, 0.2) is 0 Å².